The summed E-state index contributed by atoms with van der Waals surface area (Å²) in [6, 6.07) is 2.59. The summed E-state index contributed by atoms with van der Waals surface area (Å²) >= 11 is 0. The zero-order valence-corrected chi connectivity index (χ0v) is 10.9. The number of amides is 2. The summed E-state index contributed by atoms with van der Waals surface area (Å²) in [7, 11) is 0. The number of hydrogen-bond donors (Lipinski definition) is 4. The number of carbonyl (C=O) groups is 2. The third-order valence-corrected chi connectivity index (χ3v) is 3.29. The monoisotopic (exact) mass is 279 g/mol. The molecule has 1 aliphatic carbocycles. The van der Waals surface area contributed by atoms with Gasteiger partial charge < -0.3 is 20.8 Å². The van der Waals surface area contributed by atoms with Crippen LogP contribution in [0, 0.1) is 0 Å². The van der Waals surface area contributed by atoms with Crippen LogP contribution in [-0.4, -0.2) is 39.3 Å². The van der Waals surface area contributed by atoms with Crippen LogP contribution < -0.4 is 10.6 Å². The van der Waals surface area contributed by atoms with Crippen molar-refractivity contribution in [3.05, 3.63) is 24.0 Å². The molecule has 0 spiro atoms. The molecule has 0 unspecified atom stereocenters. The van der Waals surface area contributed by atoms with E-state index in [0.29, 0.717) is 25.7 Å². The minimum absolute atomic E-state index is 0.00310. The number of nitrogens with one attached hydrogen (secondary N) is 2. The van der Waals surface area contributed by atoms with E-state index in [9.17, 15) is 14.7 Å². The van der Waals surface area contributed by atoms with Gasteiger partial charge in [0.05, 0.1) is 11.8 Å². The van der Waals surface area contributed by atoms with E-state index >= 15 is 0 Å². The van der Waals surface area contributed by atoms with E-state index in [-0.39, 0.29) is 23.5 Å². The lowest BCUT2D eigenvalue weighted by molar-refractivity contribution is 0.0691. The summed E-state index contributed by atoms with van der Waals surface area (Å²) in [6.07, 6.45) is 3.83. The fraction of sp³-hybridized carbons (Fsp3) is 0.462. The van der Waals surface area contributed by atoms with Crippen molar-refractivity contribution in [2.45, 2.75) is 37.8 Å². The summed E-state index contributed by atoms with van der Waals surface area (Å²) in [5, 5.41) is 23.6. The summed E-state index contributed by atoms with van der Waals surface area (Å²) in [4.78, 5) is 26.5. The number of anilines is 1. The Morgan fingerprint density at radius 2 is 1.95 bits per heavy atom. The third-order valence-electron chi connectivity index (χ3n) is 3.29. The van der Waals surface area contributed by atoms with E-state index in [4.69, 9.17) is 5.11 Å². The Hall–Kier alpha value is -2.15. The Balaban J connectivity index is 1.93. The second kappa shape index (κ2) is 6.33. The van der Waals surface area contributed by atoms with Crippen molar-refractivity contribution in [1.82, 2.24) is 10.3 Å². The Kier molecular flexibility index (Phi) is 4.52. The van der Waals surface area contributed by atoms with Gasteiger partial charge in [0.25, 0.3) is 0 Å². The van der Waals surface area contributed by atoms with Crippen LogP contribution in [0.4, 0.5) is 10.5 Å². The van der Waals surface area contributed by atoms with Crippen LogP contribution in [0.5, 0.6) is 0 Å². The van der Waals surface area contributed by atoms with Crippen LogP contribution in [0.25, 0.3) is 0 Å². The first-order valence-electron chi connectivity index (χ1n) is 6.50. The maximum absolute atomic E-state index is 11.8. The molecule has 2 amide bonds. The molecule has 1 fully saturated rings. The van der Waals surface area contributed by atoms with Crippen LogP contribution in [0.15, 0.2) is 18.3 Å². The lowest BCUT2D eigenvalue weighted by Gasteiger charge is -2.26. The van der Waals surface area contributed by atoms with Crippen LogP contribution in [0.2, 0.25) is 0 Å². The Morgan fingerprint density at radius 3 is 2.60 bits per heavy atom. The number of aromatic carboxylic acids is 1. The number of rotatable bonds is 3. The SMILES string of the molecule is O=C(Nc1cccnc1C(=O)O)NC1CCC(O)CC1. The molecule has 0 aromatic carbocycles. The number of nitrogens with zero attached hydrogens (tertiary/aromatic N) is 1. The minimum Gasteiger partial charge on any atom is -0.476 e. The van der Waals surface area contributed by atoms with E-state index in [1.165, 1.54) is 12.3 Å². The molecule has 1 aromatic heterocycles. The van der Waals surface area contributed by atoms with Gasteiger partial charge in [-0.25, -0.2) is 14.6 Å². The van der Waals surface area contributed by atoms with E-state index in [2.05, 4.69) is 15.6 Å². The van der Waals surface area contributed by atoms with Crippen molar-refractivity contribution >= 4 is 17.7 Å². The zero-order chi connectivity index (χ0) is 14.5. The van der Waals surface area contributed by atoms with Gasteiger partial charge >= 0.3 is 12.0 Å². The van der Waals surface area contributed by atoms with E-state index in [1.807, 2.05) is 0 Å². The quantitative estimate of drug-likeness (QED) is 0.664. The van der Waals surface area contributed by atoms with Crippen LogP contribution in [0.3, 0.4) is 0 Å². The average Bonchev–Trinajstić information content (AvgIpc) is 2.41. The van der Waals surface area contributed by atoms with Gasteiger partial charge in [0.2, 0.25) is 0 Å². The molecule has 0 saturated heterocycles. The normalized spacial score (nSPS) is 22.1. The number of aliphatic hydroxyl groups excluding tert-OH is 1. The highest BCUT2D eigenvalue weighted by Gasteiger charge is 2.21. The molecule has 1 saturated carbocycles. The van der Waals surface area contributed by atoms with Crippen LogP contribution in [0.1, 0.15) is 36.2 Å². The molecular formula is C13H17N3O4. The van der Waals surface area contributed by atoms with Gasteiger partial charge in [0, 0.05) is 12.2 Å². The van der Waals surface area contributed by atoms with Crippen molar-refractivity contribution in [3.63, 3.8) is 0 Å². The van der Waals surface area contributed by atoms with Gasteiger partial charge in [-0.1, -0.05) is 0 Å². The van der Waals surface area contributed by atoms with Crippen LogP contribution in [-0.2, 0) is 0 Å². The van der Waals surface area contributed by atoms with Crippen molar-refractivity contribution in [2.24, 2.45) is 0 Å². The molecule has 0 radical (unpaired) electrons. The number of urea groups is 1. The molecular weight excluding hydrogens is 262 g/mol. The highest BCUT2D eigenvalue weighted by atomic mass is 16.4. The zero-order valence-electron chi connectivity index (χ0n) is 10.9. The molecule has 7 nitrogen and oxygen atoms in total. The Labute approximate surface area is 116 Å². The van der Waals surface area contributed by atoms with Gasteiger partial charge in [0.1, 0.15) is 0 Å². The van der Waals surface area contributed by atoms with Crippen molar-refractivity contribution in [3.8, 4) is 0 Å². The standard InChI is InChI=1S/C13H17N3O4/c17-9-5-3-8(4-6-9)15-13(20)16-10-2-1-7-14-11(10)12(18)19/h1-2,7-9,17H,3-6H2,(H,18,19)(H2,15,16,20). The van der Waals surface area contributed by atoms with Gasteiger partial charge in [-0.05, 0) is 37.8 Å². The number of hydrogen-bond acceptors (Lipinski definition) is 4. The fourth-order valence-corrected chi connectivity index (χ4v) is 2.24. The minimum atomic E-state index is -1.19. The van der Waals surface area contributed by atoms with Gasteiger partial charge in [0.15, 0.2) is 5.69 Å². The number of carboxylic acids is 1. The topological polar surface area (TPSA) is 112 Å². The number of aliphatic hydroxyl groups is 1. The highest BCUT2D eigenvalue weighted by molar-refractivity contribution is 5.98. The maximum Gasteiger partial charge on any atom is 0.356 e. The molecule has 0 atom stereocenters. The molecule has 1 aromatic rings. The molecule has 0 aliphatic heterocycles. The van der Waals surface area contributed by atoms with Crippen molar-refractivity contribution < 1.29 is 19.8 Å². The molecule has 1 aliphatic rings. The number of pyridine rings is 1. The Bertz CT molecular complexity index is 498. The summed E-state index contributed by atoms with van der Waals surface area (Å²) in [5.41, 5.74) is -0.0324. The van der Waals surface area contributed by atoms with E-state index < -0.39 is 12.0 Å². The fourth-order valence-electron chi connectivity index (χ4n) is 2.24. The Morgan fingerprint density at radius 1 is 1.25 bits per heavy atom. The first-order chi connectivity index (χ1) is 9.56. The lowest BCUT2D eigenvalue weighted by Crippen LogP contribution is -2.41. The molecule has 108 valence electrons. The molecule has 1 heterocycles. The summed E-state index contributed by atoms with van der Waals surface area (Å²) < 4.78 is 0. The van der Waals surface area contributed by atoms with E-state index in [1.54, 1.807) is 6.07 Å². The molecule has 20 heavy (non-hydrogen) atoms. The molecule has 2 rings (SSSR count). The van der Waals surface area contributed by atoms with Crippen molar-refractivity contribution in [2.75, 3.05) is 5.32 Å². The number of carbonyl (C=O) groups excluding carboxylic acids is 1. The van der Waals surface area contributed by atoms with Crippen molar-refractivity contribution in [1.29, 1.82) is 0 Å². The van der Waals surface area contributed by atoms with Crippen LogP contribution >= 0.6 is 0 Å². The smallest absolute Gasteiger partial charge is 0.356 e. The van der Waals surface area contributed by atoms with Gasteiger partial charge in [-0.3, -0.25) is 0 Å². The first kappa shape index (κ1) is 14.3. The maximum atomic E-state index is 11.8. The molecule has 7 heteroatoms. The predicted molar refractivity (Wildman–Crippen MR) is 71.6 cm³/mol. The predicted octanol–water partition coefficient (Wildman–Crippen LogP) is 1.20. The highest BCUT2D eigenvalue weighted by Crippen LogP contribution is 2.18. The molecule has 4 N–H and O–H groups in total. The van der Waals surface area contributed by atoms with Gasteiger partial charge in [-0.2, -0.15) is 0 Å². The second-order valence-corrected chi connectivity index (χ2v) is 4.81. The third kappa shape index (κ3) is 3.67. The lowest BCUT2D eigenvalue weighted by atomic mass is 9.93. The first-order valence-corrected chi connectivity index (χ1v) is 6.50. The number of aromatic nitrogens is 1. The van der Waals surface area contributed by atoms with Gasteiger partial charge in [-0.15, -0.1) is 0 Å². The molecule has 0 bridgehead atoms. The summed E-state index contributed by atoms with van der Waals surface area (Å²) in [6.45, 7) is 0. The largest absolute Gasteiger partial charge is 0.476 e. The summed E-state index contributed by atoms with van der Waals surface area (Å²) in [5.74, 6) is -1.19. The second-order valence-electron chi connectivity index (χ2n) is 4.81. The van der Waals surface area contributed by atoms with E-state index in [0.717, 1.165) is 0 Å². The number of carboxylic acid groups (broad SMARTS) is 1. The average molecular weight is 279 g/mol.